The molecular formula is C14H17BrN2O4. The number of rotatable bonds is 4. The third kappa shape index (κ3) is 3.59. The summed E-state index contributed by atoms with van der Waals surface area (Å²) in [4.78, 5) is 24.6. The summed E-state index contributed by atoms with van der Waals surface area (Å²) in [6.07, 6.45) is 1.80. The summed E-state index contributed by atoms with van der Waals surface area (Å²) in [5.74, 6) is -0.180. The minimum Gasteiger partial charge on any atom is -0.378 e. The van der Waals surface area contributed by atoms with Crippen LogP contribution in [0.3, 0.4) is 0 Å². The number of amides is 1. The van der Waals surface area contributed by atoms with E-state index < -0.39 is 4.92 Å². The van der Waals surface area contributed by atoms with Crippen molar-refractivity contribution >= 4 is 27.5 Å². The first-order valence-electron chi connectivity index (χ1n) is 6.88. The van der Waals surface area contributed by atoms with Gasteiger partial charge in [-0.3, -0.25) is 14.9 Å². The van der Waals surface area contributed by atoms with E-state index in [1.165, 1.54) is 12.1 Å². The van der Waals surface area contributed by atoms with E-state index in [2.05, 4.69) is 15.9 Å². The number of nitro groups is 1. The number of nitrogens with zero attached hydrogens (tertiary/aromatic N) is 2. The first-order valence-corrected chi connectivity index (χ1v) is 7.67. The van der Waals surface area contributed by atoms with Crippen molar-refractivity contribution in [2.75, 3.05) is 19.7 Å². The van der Waals surface area contributed by atoms with Gasteiger partial charge in [-0.2, -0.15) is 0 Å². The number of piperidine rings is 1. The van der Waals surface area contributed by atoms with Gasteiger partial charge in [0.25, 0.3) is 11.6 Å². The minimum absolute atomic E-state index is 0.0925. The predicted octanol–water partition coefficient (Wildman–Crippen LogP) is 3.00. The van der Waals surface area contributed by atoms with Gasteiger partial charge in [0, 0.05) is 25.8 Å². The SMILES string of the molecule is CCOC1CCN(C(=O)c2cccc([N+](=O)[O-])c2Br)CC1. The maximum Gasteiger partial charge on any atom is 0.284 e. The average molecular weight is 357 g/mol. The number of likely N-dealkylation sites (tertiary alicyclic amines) is 1. The molecule has 1 saturated heterocycles. The number of hydrogen-bond donors (Lipinski definition) is 0. The molecule has 0 atom stereocenters. The number of benzene rings is 1. The summed E-state index contributed by atoms with van der Waals surface area (Å²) in [5, 5.41) is 10.9. The molecule has 1 aliphatic rings. The molecule has 1 aromatic rings. The molecule has 114 valence electrons. The zero-order valence-corrected chi connectivity index (χ0v) is 13.3. The molecule has 21 heavy (non-hydrogen) atoms. The third-order valence-corrected chi connectivity index (χ3v) is 4.37. The molecule has 0 radical (unpaired) electrons. The molecule has 6 nitrogen and oxygen atoms in total. The predicted molar refractivity (Wildman–Crippen MR) is 81.3 cm³/mol. The Kier molecular flexibility index (Phi) is 5.30. The van der Waals surface area contributed by atoms with Gasteiger partial charge in [-0.25, -0.2) is 0 Å². The second-order valence-corrected chi connectivity index (χ2v) is 5.64. The zero-order chi connectivity index (χ0) is 15.4. The fraction of sp³-hybridized carbons (Fsp3) is 0.500. The fourth-order valence-corrected chi connectivity index (χ4v) is 3.04. The molecular weight excluding hydrogens is 340 g/mol. The van der Waals surface area contributed by atoms with Gasteiger partial charge in [-0.15, -0.1) is 0 Å². The summed E-state index contributed by atoms with van der Waals surface area (Å²) in [6, 6.07) is 4.51. The summed E-state index contributed by atoms with van der Waals surface area (Å²) in [7, 11) is 0. The summed E-state index contributed by atoms with van der Waals surface area (Å²) >= 11 is 3.17. The zero-order valence-electron chi connectivity index (χ0n) is 11.8. The number of carbonyl (C=O) groups excluding carboxylic acids is 1. The maximum atomic E-state index is 12.5. The van der Waals surface area contributed by atoms with Crippen LogP contribution < -0.4 is 0 Å². The summed E-state index contributed by atoms with van der Waals surface area (Å²) in [5.41, 5.74) is 0.240. The lowest BCUT2D eigenvalue weighted by atomic mass is 10.1. The topological polar surface area (TPSA) is 72.7 Å². The van der Waals surface area contributed by atoms with Crippen LogP contribution in [0.5, 0.6) is 0 Å². The molecule has 0 bridgehead atoms. The van der Waals surface area contributed by atoms with Gasteiger partial charge < -0.3 is 9.64 Å². The van der Waals surface area contributed by atoms with Crippen LogP contribution >= 0.6 is 15.9 Å². The Morgan fingerprint density at radius 3 is 2.71 bits per heavy atom. The molecule has 7 heteroatoms. The molecule has 0 spiro atoms. The van der Waals surface area contributed by atoms with Crippen LogP contribution in [0.25, 0.3) is 0 Å². The van der Waals surface area contributed by atoms with Crippen LogP contribution in [0.15, 0.2) is 22.7 Å². The molecule has 2 rings (SSSR count). The van der Waals surface area contributed by atoms with E-state index in [-0.39, 0.29) is 22.2 Å². The van der Waals surface area contributed by atoms with E-state index in [0.29, 0.717) is 25.3 Å². The average Bonchev–Trinajstić information content (AvgIpc) is 2.47. The van der Waals surface area contributed by atoms with Crippen LogP contribution in [0.2, 0.25) is 0 Å². The molecule has 1 amide bonds. The van der Waals surface area contributed by atoms with Crippen molar-refractivity contribution in [3.05, 3.63) is 38.3 Å². The quantitative estimate of drug-likeness (QED) is 0.613. The Bertz CT molecular complexity index is 542. The largest absolute Gasteiger partial charge is 0.378 e. The Hall–Kier alpha value is -1.47. The molecule has 1 aromatic carbocycles. The van der Waals surface area contributed by atoms with E-state index in [0.717, 1.165) is 12.8 Å². The Labute approximate surface area is 131 Å². The maximum absolute atomic E-state index is 12.5. The fourth-order valence-electron chi connectivity index (χ4n) is 2.46. The van der Waals surface area contributed by atoms with Gasteiger partial charge in [-0.05, 0) is 41.8 Å². The third-order valence-electron chi connectivity index (χ3n) is 3.54. The monoisotopic (exact) mass is 356 g/mol. The second kappa shape index (κ2) is 7.00. The number of hydrogen-bond acceptors (Lipinski definition) is 4. The lowest BCUT2D eigenvalue weighted by Crippen LogP contribution is -2.41. The van der Waals surface area contributed by atoms with Crippen LogP contribution in [-0.4, -0.2) is 41.5 Å². The van der Waals surface area contributed by atoms with Crippen molar-refractivity contribution in [3.63, 3.8) is 0 Å². The Morgan fingerprint density at radius 1 is 1.48 bits per heavy atom. The first kappa shape index (κ1) is 15.9. The van der Waals surface area contributed by atoms with Gasteiger partial charge in [0.05, 0.1) is 16.6 Å². The highest BCUT2D eigenvalue weighted by Gasteiger charge is 2.27. The molecule has 0 N–H and O–H groups in total. The van der Waals surface area contributed by atoms with Gasteiger partial charge in [0.15, 0.2) is 0 Å². The smallest absolute Gasteiger partial charge is 0.284 e. The van der Waals surface area contributed by atoms with Gasteiger partial charge in [0.2, 0.25) is 0 Å². The molecule has 1 fully saturated rings. The summed E-state index contributed by atoms with van der Waals surface area (Å²) in [6.45, 7) is 3.85. The van der Waals surface area contributed by atoms with Gasteiger partial charge in [0.1, 0.15) is 4.47 Å². The van der Waals surface area contributed by atoms with E-state index >= 15 is 0 Å². The highest BCUT2D eigenvalue weighted by Crippen LogP contribution is 2.29. The van der Waals surface area contributed by atoms with Crippen molar-refractivity contribution in [2.45, 2.75) is 25.9 Å². The van der Waals surface area contributed by atoms with Gasteiger partial charge in [-0.1, -0.05) is 6.07 Å². The van der Waals surface area contributed by atoms with Crippen LogP contribution in [0.1, 0.15) is 30.1 Å². The van der Waals surface area contributed by atoms with Crippen LogP contribution in [0.4, 0.5) is 5.69 Å². The molecule has 0 unspecified atom stereocenters. The van der Waals surface area contributed by atoms with Gasteiger partial charge >= 0.3 is 0 Å². The van der Waals surface area contributed by atoms with E-state index in [1.54, 1.807) is 11.0 Å². The lowest BCUT2D eigenvalue weighted by molar-refractivity contribution is -0.385. The second-order valence-electron chi connectivity index (χ2n) is 4.84. The highest BCUT2D eigenvalue weighted by atomic mass is 79.9. The number of halogens is 1. The highest BCUT2D eigenvalue weighted by molar-refractivity contribution is 9.10. The molecule has 0 aromatic heterocycles. The van der Waals surface area contributed by atoms with Crippen LogP contribution in [0, 0.1) is 10.1 Å². The normalized spacial score (nSPS) is 16.0. The van der Waals surface area contributed by atoms with Crippen molar-refractivity contribution < 1.29 is 14.5 Å². The van der Waals surface area contributed by atoms with Crippen molar-refractivity contribution in [1.82, 2.24) is 4.90 Å². The number of carbonyl (C=O) groups is 1. The Balaban J connectivity index is 2.11. The van der Waals surface area contributed by atoms with E-state index in [9.17, 15) is 14.9 Å². The first-order chi connectivity index (χ1) is 10.0. The Morgan fingerprint density at radius 2 is 2.14 bits per heavy atom. The van der Waals surface area contributed by atoms with E-state index in [1.807, 2.05) is 6.92 Å². The lowest BCUT2D eigenvalue weighted by Gasteiger charge is -2.32. The standard InChI is InChI=1S/C14H17BrN2O4/c1-2-21-10-6-8-16(9-7-10)14(18)11-4-3-5-12(13(11)15)17(19)20/h3-5,10H,2,6-9H2,1H3. The minimum atomic E-state index is -0.498. The van der Waals surface area contributed by atoms with Crippen molar-refractivity contribution in [2.24, 2.45) is 0 Å². The van der Waals surface area contributed by atoms with Crippen molar-refractivity contribution in [3.8, 4) is 0 Å². The molecule has 0 aliphatic carbocycles. The number of nitro benzene ring substituents is 1. The molecule has 0 saturated carbocycles. The van der Waals surface area contributed by atoms with E-state index in [4.69, 9.17) is 4.74 Å². The van der Waals surface area contributed by atoms with Crippen molar-refractivity contribution in [1.29, 1.82) is 0 Å². The molecule has 1 heterocycles. The van der Waals surface area contributed by atoms with Crippen LogP contribution in [-0.2, 0) is 4.74 Å². The number of ether oxygens (including phenoxy) is 1. The summed E-state index contributed by atoms with van der Waals surface area (Å²) < 4.78 is 5.80. The molecule has 1 aliphatic heterocycles.